The lowest BCUT2D eigenvalue weighted by molar-refractivity contribution is 1.04. The lowest BCUT2D eigenvalue weighted by Crippen LogP contribution is -2.14. The standard InChI is InChI=1S/C6H11NS/c1-3-4-5-6(8)7-2/h3H,1,4-5H2,2H3,(H,7,8). The molecule has 2 heteroatoms. The Balaban J connectivity index is 3.11. The highest BCUT2D eigenvalue weighted by atomic mass is 32.1. The lowest BCUT2D eigenvalue weighted by Gasteiger charge is -1.96. The zero-order valence-corrected chi connectivity index (χ0v) is 5.92. The van der Waals surface area contributed by atoms with Crippen molar-refractivity contribution in [3.63, 3.8) is 0 Å². The highest BCUT2D eigenvalue weighted by Gasteiger charge is 1.86. The Kier molecular flexibility index (Phi) is 4.56. The Bertz CT molecular complexity index is 88.5. The third kappa shape index (κ3) is 3.81. The average Bonchev–Trinajstić information content (AvgIpc) is 1.83. The monoisotopic (exact) mass is 129 g/mol. The number of allylic oxidation sites excluding steroid dienone is 1. The van der Waals surface area contributed by atoms with Gasteiger partial charge in [0.1, 0.15) is 0 Å². The Hall–Kier alpha value is -0.370. The molecule has 0 saturated carbocycles. The Morgan fingerprint density at radius 1 is 1.88 bits per heavy atom. The molecule has 0 radical (unpaired) electrons. The normalized spacial score (nSPS) is 8.12. The van der Waals surface area contributed by atoms with E-state index in [9.17, 15) is 0 Å². The maximum atomic E-state index is 4.86. The Morgan fingerprint density at radius 3 is 2.88 bits per heavy atom. The van der Waals surface area contributed by atoms with Crippen LogP contribution in [0.2, 0.25) is 0 Å². The molecule has 0 unspecified atom stereocenters. The second-order valence-corrected chi connectivity index (χ2v) is 1.99. The predicted molar refractivity (Wildman–Crippen MR) is 41.1 cm³/mol. The van der Waals surface area contributed by atoms with Gasteiger partial charge in [-0.05, 0) is 6.42 Å². The van der Waals surface area contributed by atoms with Crippen LogP contribution in [0.1, 0.15) is 12.8 Å². The van der Waals surface area contributed by atoms with E-state index in [2.05, 4.69) is 11.9 Å². The van der Waals surface area contributed by atoms with Gasteiger partial charge in [-0.3, -0.25) is 0 Å². The predicted octanol–water partition coefficient (Wildman–Crippen LogP) is 1.50. The van der Waals surface area contributed by atoms with E-state index in [0.29, 0.717) is 0 Å². The summed E-state index contributed by atoms with van der Waals surface area (Å²) in [5.74, 6) is 0. The minimum Gasteiger partial charge on any atom is -0.383 e. The van der Waals surface area contributed by atoms with Crippen molar-refractivity contribution in [2.75, 3.05) is 7.05 Å². The summed E-state index contributed by atoms with van der Waals surface area (Å²) in [7, 11) is 1.84. The molecule has 0 aromatic carbocycles. The van der Waals surface area contributed by atoms with Crippen molar-refractivity contribution >= 4 is 17.2 Å². The smallest absolute Gasteiger partial charge is 0.0753 e. The molecule has 0 fully saturated rings. The third-order valence-electron chi connectivity index (χ3n) is 0.854. The van der Waals surface area contributed by atoms with Crippen molar-refractivity contribution in [2.45, 2.75) is 12.8 Å². The summed E-state index contributed by atoms with van der Waals surface area (Å²) in [5, 5.41) is 2.88. The molecule has 0 aliphatic heterocycles. The maximum absolute atomic E-state index is 4.86. The fourth-order valence-corrected chi connectivity index (χ4v) is 0.476. The molecular weight excluding hydrogens is 118 g/mol. The molecule has 8 heavy (non-hydrogen) atoms. The maximum Gasteiger partial charge on any atom is 0.0753 e. The van der Waals surface area contributed by atoms with Gasteiger partial charge in [0.05, 0.1) is 4.99 Å². The molecule has 1 nitrogen and oxygen atoms in total. The largest absolute Gasteiger partial charge is 0.383 e. The van der Waals surface area contributed by atoms with E-state index in [4.69, 9.17) is 12.2 Å². The Morgan fingerprint density at radius 2 is 2.50 bits per heavy atom. The van der Waals surface area contributed by atoms with Crippen molar-refractivity contribution in [3.05, 3.63) is 12.7 Å². The average molecular weight is 129 g/mol. The molecule has 0 rings (SSSR count). The molecule has 1 N–H and O–H groups in total. The van der Waals surface area contributed by atoms with Gasteiger partial charge in [0.25, 0.3) is 0 Å². The fraction of sp³-hybridized carbons (Fsp3) is 0.500. The molecule has 0 heterocycles. The topological polar surface area (TPSA) is 12.0 Å². The molecule has 0 saturated heterocycles. The molecule has 0 spiro atoms. The minimum absolute atomic E-state index is 0.907. The van der Waals surface area contributed by atoms with Gasteiger partial charge < -0.3 is 5.32 Å². The van der Waals surface area contributed by atoms with Crippen molar-refractivity contribution in [1.82, 2.24) is 5.32 Å². The quantitative estimate of drug-likeness (QED) is 0.458. The number of hydrogen-bond acceptors (Lipinski definition) is 1. The third-order valence-corrected chi connectivity index (χ3v) is 1.26. The summed E-state index contributed by atoms with van der Waals surface area (Å²) < 4.78 is 0. The first-order chi connectivity index (χ1) is 3.81. The minimum atomic E-state index is 0.907. The molecule has 0 aliphatic carbocycles. The summed E-state index contributed by atoms with van der Waals surface area (Å²) in [4.78, 5) is 0.907. The van der Waals surface area contributed by atoms with Gasteiger partial charge in [-0.25, -0.2) is 0 Å². The van der Waals surface area contributed by atoms with Crippen LogP contribution in [0.3, 0.4) is 0 Å². The van der Waals surface area contributed by atoms with Gasteiger partial charge in [0.2, 0.25) is 0 Å². The SMILES string of the molecule is C=CCCC(=S)NC. The van der Waals surface area contributed by atoms with Gasteiger partial charge in [-0.1, -0.05) is 18.3 Å². The van der Waals surface area contributed by atoms with Gasteiger partial charge >= 0.3 is 0 Å². The van der Waals surface area contributed by atoms with Crippen molar-refractivity contribution in [1.29, 1.82) is 0 Å². The van der Waals surface area contributed by atoms with Gasteiger partial charge in [0, 0.05) is 13.5 Å². The van der Waals surface area contributed by atoms with Crippen LogP contribution in [0.5, 0.6) is 0 Å². The zero-order chi connectivity index (χ0) is 6.41. The summed E-state index contributed by atoms with van der Waals surface area (Å²) in [6, 6.07) is 0. The van der Waals surface area contributed by atoms with Gasteiger partial charge in [0.15, 0.2) is 0 Å². The van der Waals surface area contributed by atoms with Crippen molar-refractivity contribution < 1.29 is 0 Å². The van der Waals surface area contributed by atoms with Crippen LogP contribution in [-0.4, -0.2) is 12.0 Å². The van der Waals surface area contributed by atoms with E-state index in [1.807, 2.05) is 13.1 Å². The Labute approximate surface area is 55.8 Å². The van der Waals surface area contributed by atoms with Gasteiger partial charge in [-0.15, -0.1) is 6.58 Å². The second kappa shape index (κ2) is 4.78. The molecule has 0 aromatic rings. The van der Waals surface area contributed by atoms with E-state index in [1.54, 1.807) is 0 Å². The van der Waals surface area contributed by atoms with Crippen LogP contribution in [0.4, 0.5) is 0 Å². The first-order valence-corrected chi connectivity index (χ1v) is 3.03. The number of hydrogen-bond donors (Lipinski definition) is 1. The molecule has 46 valence electrons. The van der Waals surface area contributed by atoms with Crippen LogP contribution in [0.15, 0.2) is 12.7 Å². The molecule has 0 aliphatic rings. The van der Waals surface area contributed by atoms with E-state index in [1.165, 1.54) is 0 Å². The highest BCUT2D eigenvalue weighted by molar-refractivity contribution is 7.80. The van der Waals surface area contributed by atoms with E-state index >= 15 is 0 Å². The van der Waals surface area contributed by atoms with E-state index < -0.39 is 0 Å². The van der Waals surface area contributed by atoms with Crippen LogP contribution in [0, 0.1) is 0 Å². The summed E-state index contributed by atoms with van der Waals surface area (Å²) in [5.41, 5.74) is 0. The number of rotatable bonds is 3. The van der Waals surface area contributed by atoms with Crippen LogP contribution in [0.25, 0.3) is 0 Å². The lowest BCUT2D eigenvalue weighted by atomic mass is 10.3. The summed E-state index contributed by atoms with van der Waals surface area (Å²) >= 11 is 4.86. The first-order valence-electron chi connectivity index (χ1n) is 2.62. The van der Waals surface area contributed by atoms with Crippen molar-refractivity contribution in [3.8, 4) is 0 Å². The van der Waals surface area contributed by atoms with Gasteiger partial charge in [-0.2, -0.15) is 0 Å². The van der Waals surface area contributed by atoms with Crippen LogP contribution < -0.4 is 5.32 Å². The zero-order valence-electron chi connectivity index (χ0n) is 5.11. The van der Waals surface area contributed by atoms with E-state index in [0.717, 1.165) is 17.8 Å². The molecule has 0 amide bonds. The molecule has 0 aromatic heterocycles. The van der Waals surface area contributed by atoms with Crippen LogP contribution in [-0.2, 0) is 0 Å². The molecule has 0 bridgehead atoms. The van der Waals surface area contributed by atoms with E-state index in [-0.39, 0.29) is 0 Å². The number of nitrogens with one attached hydrogen (secondary N) is 1. The van der Waals surface area contributed by atoms with Crippen molar-refractivity contribution in [2.24, 2.45) is 0 Å². The summed E-state index contributed by atoms with van der Waals surface area (Å²) in [6.07, 6.45) is 3.76. The fourth-order valence-electron chi connectivity index (χ4n) is 0.358. The molecule has 0 atom stereocenters. The number of thiocarbonyl (C=S) groups is 1. The molecular formula is C6H11NS. The first kappa shape index (κ1) is 7.63. The summed E-state index contributed by atoms with van der Waals surface area (Å²) in [6.45, 7) is 3.58. The highest BCUT2D eigenvalue weighted by Crippen LogP contribution is 1.89. The second-order valence-electron chi connectivity index (χ2n) is 1.50. The van der Waals surface area contributed by atoms with Crippen LogP contribution >= 0.6 is 12.2 Å².